The highest BCUT2D eigenvalue weighted by molar-refractivity contribution is 5.80. The monoisotopic (exact) mass is 283 g/mol. The van der Waals surface area contributed by atoms with E-state index in [0.29, 0.717) is 0 Å². The molecule has 3 rings (SSSR count). The van der Waals surface area contributed by atoms with Crippen molar-refractivity contribution in [1.82, 2.24) is 5.32 Å². The lowest BCUT2D eigenvalue weighted by atomic mass is 10.1. The fraction of sp³-hybridized carbons (Fsp3) is 0.222. The van der Waals surface area contributed by atoms with Crippen LogP contribution in [0.5, 0.6) is 0 Å². The van der Waals surface area contributed by atoms with Gasteiger partial charge in [0.2, 0.25) is 0 Å². The fourth-order valence-corrected chi connectivity index (χ4v) is 2.56. The van der Waals surface area contributed by atoms with Gasteiger partial charge in [-0.15, -0.1) is 0 Å². The van der Waals surface area contributed by atoms with Crippen molar-refractivity contribution in [3.8, 4) is 0 Å². The van der Waals surface area contributed by atoms with E-state index in [9.17, 15) is 4.39 Å². The average Bonchev–Trinajstić information content (AvgIpc) is 2.89. The van der Waals surface area contributed by atoms with Crippen LogP contribution in [0.25, 0.3) is 11.0 Å². The Bertz CT molecular complexity index is 748. The van der Waals surface area contributed by atoms with Crippen molar-refractivity contribution in [2.75, 3.05) is 6.54 Å². The smallest absolute Gasteiger partial charge is 0.134 e. The SMILES string of the molecule is Cc1cc(F)ccc1CCNCc1coc2ccccc12. The van der Waals surface area contributed by atoms with Gasteiger partial charge < -0.3 is 9.73 Å². The highest BCUT2D eigenvalue weighted by Gasteiger charge is 2.04. The minimum absolute atomic E-state index is 0.172. The molecule has 0 saturated carbocycles. The zero-order chi connectivity index (χ0) is 14.7. The molecule has 0 atom stereocenters. The standard InChI is InChI=1S/C18H18FNO/c1-13-10-16(19)7-6-14(13)8-9-20-11-15-12-21-18-5-3-2-4-17(15)18/h2-7,10,12,20H,8-9,11H2,1H3. The van der Waals surface area contributed by atoms with Crippen LogP contribution in [-0.2, 0) is 13.0 Å². The number of halogens is 1. The third kappa shape index (κ3) is 3.14. The van der Waals surface area contributed by atoms with Gasteiger partial charge in [-0.1, -0.05) is 24.3 Å². The van der Waals surface area contributed by atoms with E-state index in [-0.39, 0.29) is 5.82 Å². The number of hydrogen-bond donors (Lipinski definition) is 1. The summed E-state index contributed by atoms with van der Waals surface area (Å²) in [6, 6.07) is 13.0. The summed E-state index contributed by atoms with van der Waals surface area (Å²) in [5, 5.41) is 4.57. The molecule has 0 saturated heterocycles. The number of para-hydroxylation sites is 1. The molecule has 0 radical (unpaired) electrons. The second-order valence-corrected chi connectivity index (χ2v) is 5.25. The maximum atomic E-state index is 13.0. The second kappa shape index (κ2) is 6.10. The molecule has 1 heterocycles. The summed E-state index contributed by atoms with van der Waals surface area (Å²) in [4.78, 5) is 0. The highest BCUT2D eigenvalue weighted by atomic mass is 19.1. The van der Waals surface area contributed by atoms with Crippen molar-refractivity contribution in [3.63, 3.8) is 0 Å². The number of furan rings is 1. The van der Waals surface area contributed by atoms with Gasteiger partial charge in [0.25, 0.3) is 0 Å². The Kier molecular flexibility index (Phi) is 4.02. The summed E-state index contributed by atoms with van der Waals surface area (Å²) in [5.74, 6) is -0.172. The van der Waals surface area contributed by atoms with Crippen LogP contribution >= 0.6 is 0 Å². The molecule has 0 amide bonds. The first kappa shape index (κ1) is 13.8. The van der Waals surface area contributed by atoms with Gasteiger partial charge in [0.15, 0.2) is 0 Å². The summed E-state index contributed by atoms with van der Waals surface area (Å²) >= 11 is 0. The maximum Gasteiger partial charge on any atom is 0.134 e. The Labute approximate surface area is 123 Å². The number of nitrogens with one attached hydrogen (secondary N) is 1. The van der Waals surface area contributed by atoms with E-state index in [4.69, 9.17) is 4.42 Å². The molecular formula is C18H18FNO. The molecule has 0 spiro atoms. The first-order chi connectivity index (χ1) is 10.2. The predicted octanol–water partition coefficient (Wildman–Crippen LogP) is 4.21. The minimum atomic E-state index is -0.172. The normalized spacial score (nSPS) is 11.1. The molecule has 0 bridgehead atoms. The quantitative estimate of drug-likeness (QED) is 0.709. The maximum absolute atomic E-state index is 13.0. The van der Waals surface area contributed by atoms with E-state index < -0.39 is 0 Å². The van der Waals surface area contributed by atoms with Crippen molar-refractivity contribution in [2.45, 2.75) is 19.9 Å². The Balaban J connectivity index is 1.57. The van der Waals surface area contributed by atoms with Crippen molar-refractivity contribution >= 4 is 11.0 Å². The first-order valence-electron chi connectivity index (χ1n) is 7.15. The first-order valence-corrected chi connectivity index (χ1v) is 7.15. The lowest BCUT2D eigenvalue weighted by Gasteiger charge is -2.07. The van der Waals surface area contributed by atoms with Gasteiger partial charge >= 0.3 is 0 Å². The summed E-state index contributed by atoms with van der Waals surface area (Å²) in [6.07, 6.45) is 2.70. The number of rotatable bonds is 5. The number of aryl methyl sites for hydroxylation is 1. The molecule has 21 heavy (non-hydrogen) atoms. The van der Waals surface area contributed by atoms with Gasteiger partial charge in [-0.3, -0.25) is 0 Å². The molecule has 3 aromatic rings. The van der Waals surface area contributed by atoms with Crippen molar-refractivity contribution in [2.24, 2.45) is 0 Å². The Morgan fingerprint density at radius 2 is 1.95 bits per heavy atom. The molecule has 0 aliphatic heterocycles. The molecule has 3 heteroatoms. The van der Waals surface area contributed by atoms with Crippen LogP contribution in [0, 0.1) is 12.7 Å². The molecule has 0 fully saturated rings. The van der Waals surface area contributed by atoms with Gasteiger partial charge in [0.1, 0.15) is 11.4 Å². The van der Waals surface area contributed by atoms with Crippen LogP contribution in [0.1, 0.15) is 16.7 Å². The molecule has 1 N–H and O–H groups in total. The summed E-state index contributed by atoms with van der Waals surface area (Å²) < 4.78 is 18.6. The van der Waals surface area contributed by atoms with E-state index in [1.807, 2.05) is 31.2 Å². The molecule has 0 aliphatic rings. The van der Waals surface area contributed by atoms with Crippen molar-refractivity contribution in [1.29, 1.82) is 0 Å². The molecule has 108 valence electrons. The van der Waals surface area contributed by atoms with Gasteiger partial charge in [0, 0.05) is 17.5 Å². The van der Waals surface area contributed by atoms with Crippen LogP contribution in [0.15, 0.2) is 53.1 Å². The topological polar surface area (TPSA) is 25.2 Å². The third-order valence-corrected chi connectivity index (χ3v) is 3.75. The van der Waals surface area contributed by atoms with Crippen LogP contribution in [0.3, 0.4) is 0 Å². The highest BCUT2D eigenvalue weighted by Crippen LogP contribution is 2.20. The largest absolute Gasteiger partial charge is 0.464 e. The van der Waals surface area contributed by atoms with Crippen LogP contribution < -0.4 is 5.32 Å². The minimum Gasteiger partial charge on any atom is -0.464 e. The van der Waals surface area contributed by atoms with Gasteiger partial charge in [-0.2, -0.15) is 0 Å². The van der Waals surface area contributed by atoms with Gasteiger partial charge in [-0.25, -0.2) is 4.39 Å². The van der Waals surface area contributed by atoms with Gasteiger partial charge in [-0.05, 0) is 49.2 Å². The predicted molar refractivity (Wildman–Crippen MR) is 82.8 cm³/mol. The van der Waals surface area contributed by atoms with Crippen LogP contribution in [-0.4, -0.2) is 6.54 Å². The van der Waals surface area contributed by atoms with E-state index in [1.54, 1.807) is 12.3 Å². The second-order valence-electron chi connectivity index (χ2n) is 5.25. The lowest BCUT2D eigenvalue weighted by molar-refractivity contribution is 0.601. The Morgan fingerprint density at radius 1 is 1.10 bits per heavy atom. The zero-order valence-corrected chi connectivity index (χ0v) is 12.0. The number of benzene rings is 2. The lowest BCUT2D eigenvalue weighted by Crippen LogP contribution is -2.16. The van der Waals surface area contributed by atoms with Crippen molar-refractivity contribution < 1.29 is 8.81 Å². The number of fused-ring (bicyclic) bond motifs is 1. The van der Waals surface area contributed by atoms with Crippen LogP contribution in [0.4, 0.5) is 4.39 Å². The molecule has 0 unspecified atom stereocenters. The van der Waals surface area contributed by atoms with Crippen molar-refractivity contribution in [3.05, 3.63) is 71.2 Å². The third-order valence-electron chi connectivity index (χ3n) is 3.75. The summed E-state index contributed by atoms with van der Waals surface area (Å²) in [5.41, 5.74) is 4.27. The summed E-state index contributed by atoms with van der Waals surface area (Å²) in [6.45, 7) is 3.57. The van der Waals surface area contributed by atoms with E-state index in [2.05, 4.69) is 11.4 Å². The Morgan fingerprint density at radius 3 is 2.81 bits per heavy atom. The summed E-state index contributed by atoms with van der Waals surface area (Å²) in [7, 11) is 0. The van der Waals surface area contributed by atoms with Crippen LogP contribution in [0.2, 0.25) is 0 Å². The molecule has 2 nitrogen and oxygen atoms in total. The number of hydrogen-bond acceptors (Lipinski definition) is 2. The van der Waals surface area contributed by atoms with E-state index >= 15 is 0 Å². The molecular weight excluding hydrogens is 265 g/mol. The van der Waals surface area contributed by atoms with E-state index in [1.165, 1.54) is 17.2 Å². The molecule has 2 aromatic carbocycles. The van der Waals surface area contributed by atoms with Gasteiger partial charge in [0.05, 0.1) is 6.26 Å². The fourth-order valence-electron chi connectivity index (χ4n) is 2.56. The average molecular weight is 283 g/mol. The Hall–Kier alpha value is -2.13. The molecule has 0 aliphatic carbocycles. The van der Waals surface area contributed by atoms with E-state index in [0.717, 1.165) is 36.0 Å². The zero-order valence-electron chi connectivity index (χ0n) is 12.0. The molecule has 1 aromatic heterocycles.